The minimum atomic E-state index is 0.445. The normalized spacial score (nSPS) is 10.6. The molecule has 2 aromatic heterocycles. The summed E-state index contributed by atoms with van der Waals surface area (Å²) in [5.41, 5.74) is 1.15. The Morgan fingerprint density at radius 1 is 1.25 bits per heavy atom. The van der Waals surface area contributed by atoms with Gasteiger partial charge in [-0.2, -0.15) is 0 Å². The molecule has 2 aromatic rings. The summed E-state index contributed by atoms with van der Waals surface area (Å²) in [6.45, 7) is 2.81. The van der Waals surface area contributed by atoms with Crippen LogP contribution in [0.1, 0.15) is 24.7 Å². The standard InChI is InChI=1S/C11H13ClN4/c1-2-3-10-14-15-11(12)16(10)8-9-4-6-13-7-5-9/h4-7H,2-3,8H2,1H3. The van der Waals surface area contributed by atoms with Crippen molar-refractivity contribution in [3.8, 4) is 0 Å². The van der Waals surface area contributed by atoms with Gasteiger partial charge in [-0.05, 0) is 35.7 Å². The van der Waals surface area contributed by atoms with Crippen LogP contribution in [-0.4, -0.2) is 19.7 Å². The average molecular weight is 237 g/mol. The number of halogens is 1. The number of hydrogen-bond acceptors (Lipinski definition) is 3. The highest BCUT2D eigenvalue weighted by Gasteiger charge is 2.09. The number of rotatable bonds is 4. The number of hydrogen-bond donors (Lipinski definition) is 0. The zero-order valence-electron chi connectivity index (χ0n) is 9.10. The van der Waals surface area contributed by atoms with E-state index in [2.05, 4.69) is 22.1 Å². The Balaban J connectivity index is 2.23. The summed E-state index contributed by atoms with van der Waals surface area (Å²) in [4.78, 5) is 3.98. The third-order valence-corrected chi connectivity index (χ3v) is 2.63. The lowest BCUT2D eigenvalue weighted by atomic mass is 10.2. The molecule has 0 aliphatic rings. The van der Waals surface area contributed by atoms with Crippen LogP contribution < -0.4 is 0 Å². The molecule has 0 spiro atoms. The molecule has 0 aliphatic heterocycles. The van der Waals surface area contributed by atoms with Gasteiger partial charge < -0.3 is 0 Å². The lowest BCUT2D eigenvalue weighted by Crippen LogP contribution is -2.05. The Morgan fingerprint density at radius 3 is 2.69 bits per heavy atom. The first-order chi connectivity index (χ1) is 7.81. The van der Waals surface area contributed by atoms with Crippen molar-refractivity contribution >= 4 is 11.6 Å². The van der Waals surface area contributed by atoms with Crippen molar-refractivity contribution in [2.24, 2.45) is 0 Å². The molecule has 0 saturated heterocycles. The van der Waals surface area contributed by atoms with Gasteiger partial charge in [-0.3, -0.25) is 9.55 Å². The van der Waals surface area contributed by atoms with Gasteiger partial charge in [0.15, 0.2) is 0 Å². The molecule has 0 N–H and O–H groups in total. The van der Waals surface area contributed by atoms with Crippen molar-refractivity contribution in [1.29, 1.82) is 0 Å². The third kappa shape index (κ3) is 2.39. The largest absolute Gasteiger partial charge is 0.297 e. The van der Waals surface area contributed by atoms with Crippen LogP contribution in [0.25, 0.3) is 0 Å². The molecular weight excluding hydrogens is 224 g/mol. The molecule has 0 amide bonds. The van der Waals surface area contributed by atoms with Crippen molar-refractivity contribution in [1.82, 2.24) is 19.7 Å². The summed E-state index contributed by atoms with van der Waals surface area (Å²) >= 11 is 6.00. The van der Waals surface area contributed by atoms with E-state index in [1.54, 1.807) is 12.4 Å². The van der Waals surface area contributed by atoms with E-state index in [-0.39, 0.29) is 0 Å². The lowest BCUT2D eigenvalue weighted by molar-refractivity contribution is 0.705. The van der Waals surface area contributed by atoms with Gasteiger partial charge in [0, 0.05) is 18.8 Å². The van der Waals surface area contributed by atoms with E-state index < -0.39 is 0 Å². The van der Waals surface area contributed by atoms with E-state index in [0.717, 1.165) is 24.2 Å². The summed E-state index contributed by atoms with van der Waals surface area (Å²) in [6.07, 6.45) is 5.47. The molecule has 0 unspecified atom stereocenters. The summed E-state index contributed by atoms with van der Waals surface area (Å²) in [6, 6.07) is 3.93. The van der Waals surface area contributed by atoms with E-state index in [4.69, 9.17) is 11.6 Å². The molecule has 0 radical (unpaired) electrons. The fourth-order valence-electron chi connectivity index (χ4n) is 1.55. The molecule has 5 heteroatoms. The Hall–Kier alpha value is -1.42. The molecule has 0 bridgehead atoms. The van der Waals surface area contributed by atoms with Crippen molar-refractivity contribution in [2.75, 3.05) is 0 Å². The molecule has 84 valence electrons. The highest BCUT2D eigenvalue weighted by Crippen LogP contribution is 2.12. The highest BCUT2D eigenvalue weighted by molar-refractivity contribution is 6.28. The zero-order chi connectivity index (χ0) is 11.4. The van der Waals surface area contributed by atoms with Gasteiger partial charge in [-0.25, -0.2) is 0 Å². The fraction of sp³-hybridized carbons (Fsp3) is 0.364. The van der Waals surface area contributed by atoms with Crippen LogP contribution in [0, 0.1) is 0 Å². The molecule has 0 fully saturated rings. The minimum absolute atomic E-state index is 0.445. The van der Waals surface area contributed by atoms with Crippen molar-refractivity contribution in [3.05, 3.63) is 41.2 Å². The van der Waals surface area contributed by atoms with Gasteiger partial charge in [-0.15, -0.1) is 10.2 Å². The topological polar surface area (TPSA) is 43.6 Å². The molecule has 4 nitrogen and oxygen atoms in total. The van der Waals surface area contributed by atoms with Gasteiger partial charge in [0.05, 0.1) is 6.54 Å². The predicted octanol–water partition coefficient (Wildman–Crippen LogP) is 2.33. The van der Waals surface area contributed by atoms with Crippen molar-refractivity contribution < 1.29 is 0 Å². The van der Waals surface area contributed by atoms with Crippen LogP contribution in [0.4, 0.5) is 0 Å². The van der Waals surface area contributed by atoms with Crippen LogP contribution in [0.2, 0.25) is 5.28 Å². The zero-order valence-corrected chi connectivity index (χ0v) is 9.85. The molecule has 0 saturated carbocycles. The number of pyridine rings is 1. The maximum absolute atomic E-state index is 6.00. The fourth-order valence-corrected chi connectivity index (χ4v) is 1.74. The van der Waals surface area contributed by atoms with E-state index in [0.29, 0.717) is 11.8 Å². The smallest absolute Gasteiger partial charge is 0.225 e. The second-order valence-electron chi connectivity index (χ2n) is 3.58. The summed E-state index contributed by atoms with van der Waals surface area (Å²) < 4.78 is 1.93. The maximum Gasteiger partial charge on any atom is 0.225 e. The van der Waals surface area contributed by atoms with Crippen molar-refractivity contribution in [3.63, 3.8) is 0 Å². The Labute approximate surface area is 99.3 Å². The van der Waals surface area contributed by atoms with E-state index in [1.807, 2.05) is 16.7 Å². The molecule has 16 heavy (non-hydrogen) atoms. The molecule has 0 aromatic carbocycles. The lowest BCUT2D eigenvalue weighted by Gasteiger charge is -2.06. The van der Waals surface area contributed by atoms with Crippen LogP contribution in [0.15, 0.2) is 24.5 Å². The highest BCUT2D eigenvalue weighted by atomic mass is 35.5. The van der Waals surface area contributed by atoms with E-state index in [9.17, 15) is 0 Å². The average Bonchev–Trinajstić information content (AvgIpc) is 2.64. The van der Waals surface area contributed by atoms with E-state index in [1.165, 1.54) is 0 Å². The van der Waals surface area contributed by atoms with Gasteiger partial charge in [-0.1, -0.05) is 6.92 Å². The minimum Gasteiger partial charge on any atom is -0.297 e. The van der Waals surface area contributed by atoms with Gasteiger partial charge in [0.25, 0.3) is 0 Å². The molecule has 0 aliphatic carbocycles. The Kier molecular flexibility index (Phi) is 3.51. The molecule has 0 atom stereocenters. The molecule has 2 heterocycles. The van der Waals surface area contributed by atoms with Gasteiger partial charge in [0.1, 0.15) is 5.82 Å². The first kappa shape index (κ1) is 11.1. The van der Waals surface area contributed by atoms with Crippen LogP contribution in [0.5, 0.6) is 0 Å². The first-order valence-corrected chi connectivity index (χ1v) is 5.65. The monoisotopic (exact) mass is 236 g/mol. The first-order valence-electron chi connectivity index (χ1n) is 5.27. The second-order valence-corrected chi connectivity index (χ2v) is 3.91. The summed E-state index contributed by atoms with van der Waals surface area (Å²) in [5.74, 6) is 0.935. The Bertz CT molecular complexity index is 452. The summed E-state index contributed by atoms with van der Waals surface area (Å²) in [5, 5.41) is 8.41. The number of aromatic nitrogens is 4. The van der Waals surface area contributed by atoms with E-state index >= 15 is 0 Å². The van der Waals surface area contributed by atoms with Crippen LogP contribution >= 0.6 is 11.6 Å². The quantitative estimate of drug-likeness (QED) is 0.818. The number of nitrogens with zero attached hydrogens (tertiary/aromatic N) is 4. The number of aryl methyl sites for hydroxylation is 1. The summed E-state index contributed by atoms with van der Waals surface area (Å²) in [7, 11) is 0. The van der Waals surface area contributed by atoms with Gasteiger partial charge in [0.2, 0.25) is 5.28 Å². The second kappa shape index (κ2) is 5.07. The molecular formula is C11H13ClN4. The van der Waals surface area contributed by atoms with Crippen LogP contribution in [-0.2, 0) is 13.0 Å². The van der Waals surface area contributed by atoms with Crippen molar-refractivity contribution in [2.45, 2.75) is 26.3 Å². The maximum atomic E-state index is 6.00. The predicted molar refractivity (Wildman–Crippen MR) is 62.4 cm³/mol. The van der Waals surface area contributed by atoms with Crippen LogP contribution in [0.3, 0.4) is 0 Å². The SMILES string of the molecule is CCCc1nnc(Cl)n1Cc1ccncc1. The Morgan fingerprint density at radius 2 is 2.00 bits per heavy atom. The van der Waals surface area contributed by atoms with Gasteiger partial charge >= 0.3 is 0 Å². The molecule has 2 rings (SSSR count). The third-order valence-electron chi connectivity index (χ3n) is 2.35.